The Morgan fingerprint density at radius 1 is 0.900 bits per heavy atom. The van der Waals surface area contributed by atoms with Gasteiger partial charge in [-0.1, -0.05) is 70.7 Å². The first-order valence-corrected chi connectivity index (χ1v) is 7.62. The van der Waals surface area contributed by atoms with E-state index in [-0.39, 0.29) is 6.04 Å². The van der Waals surface area contributed by atoms with Crippen LogP contribution in [0.25, 0.3) is 0 Å². The minimum atomic E-state index is 0.0357. The van der Waals surface area contributed by atoms with Crippen LogP contribution in [0.2, 0.25) is 20.1 Å². The molecule has 20 heavy (non-hydrogen) atoms. The summed E-state index contributed by atoms with van der Waals surface area (Å²) in [5, 5.41) is 5.44. The van der Waals surface area contributed by atoms with Crippen molar-refractivity contribution in [3.8, 4) is 0 Å². The number of rotatable bonds is 4. The zero-order chi connectivity index (χ0) is 14.7. The van der Waals surface area contributed by atoms with Gasteiger partial charge in [-0.05, 0) is 30.2 Å². The summed E-state index contributed by atoms with van der Waals surface area (Å²) in [5.74, 6) is 0. The standard InChI is InChI=1S/C15H13Cl4N/c1-9(11-6-7-13(17)15(19)14(11)18)20-8-10-4-2-3-5-12(10)16/h2-7,9,20H,8H2,1H3. The Morgan fingerprint density at radius 3 is 2.30 bits per heavy atom. The summed E-state index contributed by atoms with van der Waals surface area (Å²) in [5.41, 5.74) is 1.95. The largest absolute Gasteiger partial charge is 0.306 e. The third-order valence-corrected chi connectivity index (χ3v) is 4.77. The summed E-state index contributed by atoms with van der Waals surface area (Å²) >= 11 is 24.3. The van der Waals surface area contributed by atoms with Crippen LogP contribution in [0.1, 0.15) is 24.1 Å². The lowest BCUT2D eigenvalue weighted by molar-refractivity contribution is 0.575. The van der Waals surface area contributed by atoms with Crippen LogP contribution < -0.4 is 5.32 Å². The van der Waals surface area contributed by atoms with Crippen LogP contribution in [0.15, 0.2) is 36.4 Å². The van der Waals surface area contributed by atoms with Gasteiger partial charge in [-0.2, -0.15) is 0 Å². The summed E-state index contributed by atoms with van der Waals surface area (Å²) in [6.07, 6.45) is 0. The predicted octanol–water partition coefficient (Wildman–Crippen LogP) is 6.15. The Bertz CT molecular complexity index is 613. The molecule has 1 atom stereocenters. The maximum absolute atomic E-state index is 6.22. The van der Waals surface area contributed by atoms with Gasteiger partial charge in [0.2, 0.25) is 0 Å². The van der Waals surface area contributed by atoms with Gasteiger partial charge in [0, 0.05) is 17.6 Å². The molecule has 2 aromatic rings. The topological polar surface area (TPSA) is 12.0 Å². The van der Waals surface area contributed by atoms with Crippen molar-refractivity contribution in [1.82, 2.24) is 5.32 Å². The average molecular weight is 349 g/mol. The minimum absolute atomic E-state index is 0.0357. The molecule has 1 nitrogen and oxygen atoms in total. The molecule has 0 aliphatic carbocycles. The van der Waals surface area contributed by atoms with Gasteiger partial charge in [0.25, 0.3) is 0 Å². The fourth-order valence-corrected chi connectivity index (χ4v) is 2.80. The van der Waals surface area contributed by atoms with Crippen molar-refractivity contribution in [3.05, 3.63) is 67.6 Å². The molecule has 0 amide bonds. The van der Waals surface area contributed by atoms with E-state index in [0.717, 1.165) is 16.1 Å². The molecule has 0 fully saturated rings. The Labute approximate surface area is 138 Å². The van der Waals surface area contributed by atoms with Crippen LogP contribution in [0.4, 0.5) is 0 Å². The van der Waals surface area contributed by atoms with E-state index in [0.29, 0.717) is 21.6 Å². The molecule has 1 N–H and O–H groups in total. The van der Waals surface area contributed by atoms with Crippen molar-refractivity contribution >= 4 is 46.4 Å². The fraction of sp³-hybridized carbons (Fsp3) is 0.200. The molecule has 0 spiro atoms. The fourth-order valence-electron chi connectivity index (χ4n) is 1.89. The van der Waals surface area contributed by atoms with Gasteiger partial charge in [-0.15, -0.1) is 0 Å². The second kappa shape index (κ2) is 7.02. The SMILES string of the molecule is CC(NCc1ccccc1Cl)c1ccc(Cl)c(Cl)c1Cl. The molecule has 0 saturated carbocycles. The lowest BCUT2D eigenvalue weighted by Gasteiger charge is -2.17. The predicted molar refractivity (Wildman–Crippen MR) is 88.2 cm³/mol. The molecule has 0 radical (unpaired) electrons. The second-order valence-electron chi connectivity index (χ2n) is 4.46. The first kappa shape index (κ1) is 15.9. The van der Waals surface area contributed by atoms with E-state index in [1.807, 2.05) is 37.3 Å². The van der Waals surface area contributed by atoms with Crippen LogP contribution in [-0.2, 0) is 6.54 Å². The minimum Gasteiger partial charge on any atom is -0.306 e. The molecular weight excluding hydrogens is 336 g/mol. The van der Waals surface area contributed by atoms with Crippen molar-refractivity contribution < 1.29 is 0 Å². The van der Waals surface area contributed by atoms with E-state index in [9.17, 15) is 0 Å². The number of hydrogen-bond acceptors (Lipinski definition) is 1. The van der Waals surface area contributed by atoms with Gasteiger partial charge >= 0.3 is 0 Å². The molecule has 106 valence electrons. The van der Waals surface area contributed by atoms with E-state index in [1.165, 1.54) is 0 Å². The summed E-state index contributed by atoms with van der Waals surface area (Å²) in [4.78, 5) is 0. The van der Waals surface area contributed by atoms with Crippen LogP contribution in [0.5, 0.6) is 0 Å². The molecule has 0 bridgehead atoms. The normalized spacial score (nSPS) is 12.4. The van der Waals surface area contributed by atoms with E-state index in [1.54, 1.807) is 6.07 Å². The third-order valence-electron chi connectivity index (χ3n) is 3.09. The van der Waals surface area contributed by atoms with Gasteiger partial charge in [-0.25, -0.2) is 0 Å². The van der Waals surface area contributed by atoms with E-state index < -0.39 is 0 Å². The van der Waals surface area contributed by atoms with Gasteiger partial charge in [0.1, 0.15) is 0 Å². The lowest BCUT2D eigenvalue weighted by atomic mass is 10.1. The Hall–Kier alpha value is -0.440. The number of hydrogen-bond donors (Lipinski definition) is 1. The first-order valence-electron chi connectivity index (χ1n) is 6.11. The molecule has 1 unspecified atom stereocenters. The van der Waals surface area contributed by atoms with Crippen LogP contribution in [0, 0.1) is 0 Å². The van der Waals surface area contributed by atoms with E-state index >= 15 is 0 Å². The highest BCUT2D eigenvalue weighted by atomic mass is 35.5. The van der Waals surface area contributed by atoms with Crippen molar-refractivity contribution in [3.63, 3.8) is 0 Å². The van der Waals surface area contributed by atoms with E-state index in [4.69, 9.17) is 46.4 Å². The lowest BCUT2D eigenvalue weighted by Crippen LogP contribution is -2.18. The van der Waals surface area contributed by atoms with Crippen LogP contribution in [0.3, 0.4) is 0 Å². The van der Waals surface area contributed by atoms with Crippen LogP contribution in [-0.4, -0.2) is 0 Å². The highest BCUT2D eigenvalue weighted by Gasteiger charge is 2.14. The van der Waals surface area contributed by atoms with Crippen molar-refractivity contribution in [2.45, 2.75) is 19.5 Å². The Morgan fingerprint density at radius 2 is 1.60 bits per heavy atom. The molecular formula is C15H13Cl4N. The average Bonchev–Trinajstić information content (AvgIpc) is 2.44. The zero-order valence-electron chi connectivity index (χ0n) is 10.8. The molecule has 0 aliphatic rings. The highest BCUT2D eigenvalue weighted by Crippen LogP contribution is 2.35. The van der Waals surface area contributed by atoms with Gasteiger partial charge in [-0.3, -0.25) is 0 Å². The van der Waals surface area contributed by atoms with Gasteiger partial charge < -0.3 is 5.32 Å². The summed E-state index contributed by atoms with van der Waals surface area (Å²) in [6, 6.07) is 11.4. The van der Waals surface area contributed by atoms with Crippen molar-refractivity contribution in [1.29, 1.82) is 0 Å². The molecule has 0 heterocycles. The molecule has 5 heteroatoms. The van der Waals surface area contributed by atoms with Crippen molar-refractivity contribution in [2.24, 2.45) is 0 Å². The van der Waals surface area contributed by atoms with Gasteiger partial charge in [0.05, 0.1) is 15.1 Å². The van der Waals surface area contributed by atoms with Gasteiger partial charge in [0.15, 0.2) is 0 Å². The third kappa shape index (κ3) is 3.60. The zero-order valence-corrected chi connectivity index (χ0v) is 13.8. The smallest absolute Gasteiger partial charge is 0.0781 e. The van der Waals surface area contributed by atoms with Crippen LogP contribution >= 0.6 is 46.4 Å². The maximum atomic E-state index is 6.22. The van der Waals surface area contributed by atoms with E-state index in [2.05, 4.69) is 5.32 Å². The monoisotopic (exact) mass is 347 g/mol. The summed E-state index contributed by atoms with van der Waals surface area (Å²) in [6.45, 7) is 2.67. The molecule has 0 aliphatic heterocycles. The second-order valence-corrected chi connectivity index (χ2v) is 6.03. The molecule has 0 aromatic heterocycles. The highest BCUT2D eigenvalue weighted by molar-refractivity contribution is 6.48. The Kier molecular flexibility index (Phi) is 5.59. The first-order chi connectivity index (χ1) is 9.50. The molecule has 2 rings (SSSR count). The quantitative estimate of drug-likeness (QED) is 0.653. The Balaban J connectivity index is 2.11. The summed E-state index contributed by atoms with van der Waals surface area (Å²) < 4.78 is 0. The maximum Gasteiger partial charge on any atom is 0.0781 e. The molecule has 0 saturated heterocycles. The number of nitrogens with one attached hydrogen (secondary N) is 1. The van der Waals surface area contributed by atoms with Crippen molar-refractivity contribution in [2.75, 3.05) is 0 Å². The summed E-state index contributed by atoms with van der Waals surface area (Å²) in [7, 11) is 0. The number of benzene rings is 2. The number of halogens is 4. The molecule has 2 aromatic carbocycles.